The van der Waals surface area contributed by atoms with Crippen molar-refractivity contribution in [3.63, 3.8) is 0 Å². The number of aromatic nitrogens is 1. The zero-order chi connectivity index (χ0) is 30.6. The average Bonchev–Trinajstić information content (AvgIpc) is 3.21. The second kappa shape index (κ2) is 11.1. The molecule has 12 heteroatoms. The summed E-state index contributed by atoms with van der Waals surface area (Å²) in [4.78, 5) is 54.1. The van der Waals surface area contributed by atoms with Crippen molar-refractivity contribution >= 4 is 35.1 Å². The van der Waals surface area contributed by atoms with Crippen LogP contribution in [-0.4, -0.2) is 119 Å². The molecule has 10 nitrogen and oxygen atoms in total. The first-order valence-electron chi connectivity index (χ1n) is 14.6. The van der Waals surface area contributed by atoms with Gasteiger partial charge in [-0.3, -0.25) is 19.3 Å². The first-order valence-corrected chi connectivity index (χ1v) is 15.0. The number of hydrogen-bond acceptors (Lipinski definition) is 7. The van der Waals surface area contributed by atoms with Gasteiger partial charge in [0, 0.05) is 50.4 Å². The number of likely N-dealkylation sites (N-methyl/N-ethyl adjacent to an activating group) is 1. The molecule has 1 aromatic carbocycles. The zero-order valence-corrected chi connectivity index (χ0v) is 25.4. The number of anilines is 1. The van der Waals surface area contributed by atoms with Crippen LogP contribution < -0.4 is 9.64 Å². The Bertz CT molecular complexity index is 1500. The maximum atomic E-state index is 15.2. The lowest BCUT2D eigenvalue weighted by molar-refractivity contribution is -0.137. The van der Waals surface area contributed by atoms with E-state index in [1.807, 2.05) is 21.7 Å². The molecule has 43 heavy (non-hydrogen) atoms. The normalized spacial score (nSPS) is 23.9. The summed E-state index contributed by atoms with van der Waals surface area (Å²) < 4.78 is 21.5. The standard InChI is InChI=1S/C31H36ClFN6O4/c1-5-23(40)36-11-13-38-20(15-36)18-43-28-25(30(38)42)29(34-27(26(28)32)21-8-6-7-9-22(21)33)39-16-19(14-31(39,2)3)37-12-10-35(4)17-24(37)41/h5-9,19-20H,1,10-18H2,2-4H3. The molecular weight excluding hydrogens is 575 g/mol. The van der Waals surface area contributed by atoms with Crippen LogP contribution in [0.4, 0.5) is 10.2 Å². The van der Waals surface area contributed by atoms with E-state index < -0.39 is 17.4 Å². The highest BCUT2D eigenvalue weighted by atomic mass is 35.5. The van der Waals surface area contributed by atoms with Gasteiger partial charge in [0.05, 0.1) is 24.3 Å². The predicted octanol–water partition coefficient (Wildman–Crippen LogP) is 2.90. The predicted molar refractivity (Wildman–Crippen MR) is 161 cm³/mol. The smallest absolute Gasteiger partial charge is 0.261 e. The second-order valence-corrected chi connectivity index (χ2v) is 12.7. The highest BCUT2D eigenvalue weighted by molar-refractivity contribution is 6.35. The summed E-state index contributed by atoms with van der Waals surface area (Å²) in [6.07, 6.45) is 1.93. The van der Waals surface area contributed by atoms with Crippen molar-refractivity contribution < 1.29 is 23.5 Å². The van der Waals surface area contributed by atoms with Gasteiger partial charge in [0.15, 0.2) is 5.75 Å². The lowest BCUT2D eigenvalue weighted by Gasteiger charge is -2.40. The van der Waals surface area contributed by atoms with Crippen molar-refractivity contribution in [3.8, 4) is 17.0 Å². The molecule has 3 amide bonds. The quantitative estimate of drug-likeness (QED) is 0.492. The third-order valence-electron chi connectivity index (χ3n) is 9.07. The van der Waals surface area contributed by atoms with Crippen LogP contribution in [-0.2, 0) is 9.59 Å². The first-order chi connectivity index (χ1) is 20.5. The highest BCUT2D eigenvalue weighted by Crippen LogP contribution is 2.47. The van der Waals surface area contributed by atoms with Crippen LogP contribution >= 0.6 is 11.6 Å². The number of pyridine rings is 1. The minimum Gasteiger partial charge on any atom is -0.489 e. The lowest BCUT2D eigenvalue weighted by atomic mass is 9.98. The summed E-state index contributed by atoms with van der Waals surface area (Å²) in [6.45, 7) is 11.0. The first kappa shape index (κ1) is 29.4. The lowest BCUT2D eigenvalue weighted by Crippen LogP contribution is -2.57. The minimum atomic E-state index is -0.504. The van der Waals surface area contributed by atoms with Gasteiger partial charge < -0.3 is 24.3 Å². The Kier molecular flexibility index (Phi) is 7.58. The fraction of sp³-hybridized carbons (Fsp3) is 0.484. The van der Waals surface area contributed by atoms with Gasteiger partial charge in [-0.25, -0.2) is 9.37 Å². The van der Waals surface area contributed by atoms with Crippen LogP contribution in [0, 0.1) is 5.82 Å². The molecule has 2 unspecified atom stereocenters. The SMILES string of the molecule is C=CC(=O)N1CCN2C(=O)c3c(N4CC(N5CCN(C)CC5=O)CC4(C)C)nc(-c4ccccc4F)c(Cl)c3OCC2C1. The number of carbonyl (C=O) groups excluding carboxylic acids is 3. The number of piperazine rings is 2. The molecule has 2 aromatic rings. The fourth-order valence-electron chi connectivity index (χ4n) is 6.78. The van der Waals surface area contributed by atoms with Gasteiger partial charge in [0.2, 0.25) is 11.8 Å². The van der Waals surface area contributed by atoms with Crippen molar-refractivity contribution in [2.45, 2.75) is 37.9 Å². The number of halogens is 2. The van der Waals surface area contributed by atoms with Crippen molar-refractivity contribution in [1.29, 1.82) is 0 Å². The summed E-state index contributed by atoms with van der Waals surface area (Å²) in [6, 6.07) is 5.72. The molecule has 0 radical (unpaired) electrons. The highest BCUT2D eigenvalue weighted by Gasteiger charge is 2.47. The third kappa shape index (κ3) is 5.12. The van der Waals surface area contributed by atoms with Crippen molar-refractivity contribution in [2.75, 3.05) is 64.4 Å². The second-order valence-electron chi connectivity index (χ2n) is 12.3. The maximum Gasteiger partial charge on any atom is 0.261 e. The molecule has 2 atom stereocenters. The van der Waals surface area contributed by atoms with Crippen LogP contribution in [0.15, 0.2) is 36.9 Å². The maximum absolute atomic E-state index is 15.2. The Morgan fingerprint density at radius 3 is 2.58 bits per heavy atom. The largest absolute Gasteiger partial charge is 0.489 e. The Labute approximate surface area is 255 Å². The Morgan fingerprint density at radius 2 is 1.86 bits per heavy atom. The molecule has 1 aromatic heterocycles. The number of ether oxygens (including phenoxy) is 1. The van der Waals surface area contributed by atoms with E-state index in [9.17, 15) is 14.4 Å². The van der Waals surface area contributed by atoms with Gasteiger partial charge in [0.1, 0.15) is 28.8 Å². The Balaban J connectivity index is 1.46. The number of hydrogen-bond donors (Lipinski definition) is 0. The van der Waals surface area contributed by atoms with Crippen LogP contribution in [0.5, 0.6) is 5.75 Å². The molecular formula is C31H36ClFN6O4. The van der Waals surface area contributed by atoms with Crippen molar-refractivity contribution in [3.05, 3.63) is 53.3 Å². The number of nitrogens with zero attached hydrogens (tertiary/aromatic N) is 6. The van der Waals surface area contributed by atoms with Crippen molar-refractivity contribution in [1.82, 2.24) is 24.6 Å². The molecule has 3 fully saturated rings. The molecule has 0 spiro atoms. The van der Waals surface area contributed by atoms with Crippen LogP contribution in [0.1, 0.15) is 30.6 Å². The van der Waals surface area contributed by atoms with E-state index in [0.717, 1.165) is 6.54 Å². The summed E-state index contributed by atoms with van der Waals surface area (Å²) in [5.41, 5.74) is 0.0884. The summed E-state index contributed by atoms with van der Waals surface area (Å²) >= 11 is 6.92. The molecule has 0 N–H and O–H groups in total. The van der Waals surface area contributed by atoms with Gasteiger partial charge in [-0.2, -0.15) is 0 Å². The van der Waals surface area contributed by atoms with E-state index in [0.29, 0.717) is 45.0 Å². The van der Waals surface area contributed by atoms with E-state index in [4.69, 9.17) is 21.3 Å². The topological polar surface area (TPSA) is 89.5 Å². The molecule has 3 saturated heterocycles. The fourth-order valence-corrected chi connectivity index (χ4v) is 7.08. The molecule has 6 rings (SSSR count). The van der Waals surface area contributed by atoms with E-state index in [1.54, 1.807) is 28.0 Å². The van der Waals surface area contributed by atoms with Crippen LogP contribution in [0.25, 0.3) is 11.3 Å². The van der Waals surface area contributed by atoms with Gasteiger partial charge >= 0.3 is 0 Å². The molecule has 0 bridgehead atoms. The number of benzene rings is 1. The summed E-state index contributed by atoms with van der Waals surface area (Å²) in [5.74, 6) is -0.439. The molecule has 0 saturated carbocycles. The molecule has 5 heterocycles. The minimum absolute atomic E-state index is 0.0545. The molecule has 228 valence electrons. The van der Waals surface area contributed by atoms with Crippen LogP contribution in [0.2, 0.25) is 5.02 Å². The summed E-state index contributed by atoms with van der Waals surface area (Å²) in [7, 11) is 1.93. The number of rotatable bonds is 4. The number of amides is 3. The summed E-state index contributed by atoms with van der Waals surface area (Å²) in [5, 5.41) is 0.0545. The average molecular weight is 611 g/mol. The van der Waals surface area contributed by atoms with Crippen LogP contribution in [0.3, 0.4) is 0 Å². The van der Waals surface area contributed by atoms with Gasteiger partial charge in [-0.05, 0) is 45.5 Å². The van der Waals surface area contributed by atoms with E-state index >= 15 is 4.39 Å². The third-order valence-corrected chi connectivity index (χ3v) is 9.42. The molecule has 4 aliphatic heterocycles. The number of fused-ring (bicyclic) bond motifs is 2. The Morgan fingerprint density at radius 1 is 1.12 bits per heavy atom. The zero-order valence-electron chi connectivity index (χ0n) is 24.7. The number of carbonyl (C=O) groups is 3. The van der Waals surface area contributed by atoms with E-state index in [2.05, 4.69) is 20.4 Å². The molecule has 0 aliphatic carbocycles. The Hall–Kier alpha value is -3.70. The monoisotopic (exact) mass is 610 g/mol. The van der Waals surface area contributed by atoms with Crippen molar-refractivity contribution in [2.24, 2.45) is 0 Å². The van der Waals surface area contributed by atoms with E-state index in [1.165, 1.54) is 12.1 Å². The van der Waals surface area contributed by atoms with Gasteiger partial charge in [-0.15, -0.1) is 0 Å². The van der Waals surface area contributed by atoms with Gasteiger partial charge in [-0.1, -0.05) is 30.3 Å². The molecule has 4 aliphatic rings. The van der Waals surface area contributed by atoms with Gasteiger partial charge in [0.25, 0.3) is 5.91 Å². The van der Waals surface area contributed by atoms with E-state index in [-0.39, 0.29) is 64.5 Å².